The molecule has 0 bridgehead atoms. The Balaban J connectivity index is 2.35. The van der Waals surface area contributed by atoms with Gasteiger partial charge < -0.3 is 9.31 Å². The molecule has 0 saturated carbocycles. The van der Waals surface area contributed by atoms with Gasteiger partial charge in [0.2, 0.25) is 0 Å². The number of sulfonamides is 1. The fourth-order valence-electron chi connectivity index (χ4n) is 1.98. The molecule has 1 saturated heterocycles. The van der Waals surface area contributed by atoms with Gasteiger partial charge in [-0.15, -0.1) is 0 Å². The highest BCUT2D eigenvalue weighted by Crippen LogP contribution is 2.36. The predicted molar refractivity (Wildman–Crippen MR) is 80.7 cm³/mol. The molecule has 1 aromatic carbocycles. The number of halogens is 3. The summed E-state index contributed by atoms with van der Waals surface area (Å²) in [5.74, 6) is -4.68. The molecular weight excluding hydrogens is 334 g/mol. The van der Waals surface area contributed by atoms with Crippen molar-refractivity contribution in [2.45, 2.75) is 44.7 Å². The normalized spacial score (nSPS) is 20.1. The van der Waals surface area contributed by atoms with E-state index in [0.717, 1.165) is 6.07 Å². The number of rotatable bonds is 4. The molecule has 1 fully saturated rings. The van der Waals surface area contributed by atoms with Crippen molar-refractivity contribution in [1.29, 1.82) is 0 Å². The lowest BCUT2D eigenvalue weighted by atomic mass is 9.78. The lowest BCUT2D eigenvalue weighted by Gasteiger charge is -2.32. The van der Waals surface area contributed by atoms with E-state index >= 15 is 0 Å². The third-order valence-electron chi connectivity index (χ3n) is 4.02. The third kappa shape index (κ3) is 3.34. The van der Waals surface area contributed by atoms with E-state index in [2.05, 4.69) is 0 Å². The van der Waals surface area contributed by atoms with Crippen molar-refractivity contribution in [3.8, 4) is 0 Å². The zero-order valence-electron chi connectivity index (χ0n) is 13.1. The van der Waals surface area contributed by atoms with Crippen LogP contribution in [0.3, 0.4) is 0 Å². The molecule has 1 aromatic rings. The second-order valence-corrected chi connectivity index (χ2v) is 7.86. The SMILES string of the molecule is CC1(C)OB(c2cccc(NS(=O)(=O)C(F)F)c2F)OC1(C)C. The Morgan fingerprint density at radius 3 is 2.13 bits per heavy atom. The average molecular weight is 351 g/mol. The average Bonchev–Trinajstić information content (AvgIpc) is 2.60. The second kappa shape index (κ2) is 5.68. The van der Waals surface area contributed by atoms with Crippen LogP contribution >= 0.6 is 0 Å². The predicted octanol–water partition coefficient (Wildman–Crippen LogP) is 2.09. The van der Waals surface area contributed by atoms with Crippen LogP contribution in [0.4, 0.5) is 18.9 Å². The molecule has 23 heavy (non-hydrogen) atoms. The maximum absolute atomic E-state index is 14.5. The van der Waals surface area contributed by atoms with E-state index in [1.54, 1.807) is 27.7 Å². The van der Waals surface area contributed by atoms with Crippen LogP contribution in [0.25, 0.3) is 0 Å². The molecule has 1 heterocycles. The van der Waals surface area contributed by atoms with Crippen LogP contribution in [-0.4, -0.2) is 32.5 Å². The molecule has 10 heteroatoms. The molecule has 0 spiro atoms. The van der Waals surface area contributed by atoms with E-state index in [0.29, 0.717) is 0 Å². The lowest BCUT2D eigenvalue weighted by Crippen LogP contribution is -2.41. The molecule has 1 N–H and O–H groups in total. The Bertz CT molecular complexity index is 693. The lowest BCUT2D eigenvalue weighted by molar-refractivity contribution is 0.00578. The molecule has 0 radical (unpaired) electrons. The Hall–Kier alpha value is -1.26. The minimum absolute atomic E-state index is 0.0712. The van der Waals surface area contributed by atoms with Gasteiger partial charge in [-0.25, -0.2) is 12.8 Å². The van der Waals surface area contributed by atoms with Crippen molar-refractivity contribution in [2.24, 2.45) is 0 Å². The van der Waals surface area contributed by atoms with E-state index in [1.807, 2.05) is 0 Å². The number of anilines is 1. The Labute approximate surface area is 133 Å². The number of alkyl halides is 2. The number of hydrogen-bond donors (Lipinski definition) is 1. The molecular formula is C13H17BF3NO4S. The maximum Gasteiger partial charge on any atom is 0.497 e. The van der Waals surface area contributed by atoms with E-state index in [9.17, 15) is 21.6 Å². The van der Waals surface area contributed by atoms with Gasteiger partial charge in [-0.3, -0.25) is 4.72 Å². The van der Waals surface area contributed by atoms with Crippen molar-refractivity contribution in [1.82, 2.24) is 0 Å². The van der Waals surface area contributed by atoms with Crippen molar-refractivity contribution in [2.75, 3.05) is 4.72 Å². The van der Waals surface area contributed by atoms with Gasteiger partial charge in [0.1, 0.15) is 5.82 Å². The van der Waals surface area contributed by atoms with Gasteiger partial charge in [0.05, 0.1) is 16.9 Å². The van der Waals surface area contributed by atoms with Crippen LogP contribution < -0.4 is 10.2 Å². The largest absolute Gasteiger partial charge is 0.497 e. The van der Waals surface area contributed by atoms with Crippen LogP contribution in [0.1, 0.15) is 27.7 Å². The first kappa shape index (κ1) is 18.1. The first-order valence-corrected chi connectivity index (χ1v) is 8.36. The summed E-state index contributed by atoms with van der Waals surface area (Å²) in [6.45, 7) is 7.09. The number of nitrogens with one attached hydrogen (secondary N) is 1. The van der Waals surface area contributed by atoms with Gasteiger partial charge >= 0.3 is 12.9 Å². The van der Waals surface area contributed by atoms with E-state index in [4.69, 9.17) is 9.31 Å². The van der Waals surface area contributed by atoms with Crippen molar-refractivity contribution in [3.63, 3.8) is 0 Å². The van der Waals surface area contributed by atoms with Gasteiger partial charge in [0.25, 0.3) is 10.0 Å². The van der Waals surface area contributed by atoms with Crippen molar-refractivity contribution < 1.29 is 30.9 Å². The molecule has 1 aliphatic rings. The van der Waals surface area contributed by atoms with Gasteiger partial charge in [-0.2, -0.15) is 8.78 Å². The molecule has 0 amide bonds. The molecule has 0 unspecified atom stereocenters. The zero-order valence-corrected chi connectivity index (χ0v) is 13.9. The van der Waals surface area contributed by atoms with Crippen molar-refractivity contribution in [3.05, 3.63) is 24.0 Å². The monoisotopic (exact) mass is 351 g/mol. The highest BCUT2D eigenvalue weighted by molar-refractivity contribution is 7.93. The van der Waals surface area contributed by atoms with Gasteiger partial charge in [-0.05, 0) is 33.8 Å². The molecule has 0 atom stereocenters. The highest BCUT2D eigenvalue weighted by Gasteiger charge is 2.52. The molecule has 1 aliphatic heterocycles. The summed E-state index contributed by atoms with van der Waals surface area (Å²) >= 11 is 0. The standard InChI is InChI=1S/C13H17BF3NO4S/c1-12(2)13(3,4)22-14(21-12)8-6-5-7-9(10(8)15)18-23(19,20)11(16)17/h5-7,11,18H,1-4H3. The Kier molecular flexibility index (Phi) is 4.46. The fraction of sp³-hybridized carbons (Fsp3) is 0.538. The third-order valence-corrected chi connectivity index (χ3v) is 5.00. The summed E-state index contributed by atoms with van der Waals surface area (Å²) in [6.07, 6.45) is 0. The van der Waals surface area contributed by atoms with Crippen LogP contribution in [-0.2, 0) is 19.3 Å². The number of benzene rings is 1. The molecule has 0 aliphatic carbocycles. The summed E-state index contributed by atoms with van der Waals surface area (Å²) in [4.78, 5) is 0. The molecule has 2 rings (SSSR count). The smallest absolute Gasteiger partial charge is 0.399 e. The number of hydrogen-bond acceptors (Lipinski definition) is 4. The van der Waals surface area contributed by atoms with Crippen LogP contribution in [0, 0.1) is 5.82 Å². The van der Waals surface area contributed by atoms with Gasteiger partial charge in [-0.1, -0.05) is 12.1 Å². The summed E-state index contributed by atoms with van der Waals surface area (Å²) in [5, 5.41) is 0. The van der Waals surface area contributed by atoms with E-state index in [-0.39, 0.29) is 5.46 Å². The van der Waals surface area contributed by atoms with Gasteiger partial charge in [0.15, 0.2) is 0 Å². The van der Waals surface area contributed by atoms with Crippen LogP contribution in [0.15, 0.2) is 18.2 Å². The van der Waals surface area contributed by atoms with Crippen molar-refractivity contribution >= 4 is 28.3 Å². The molecule has 0 aromatic heterocycles. The molecule has 128 valence electrons. The Morgan fingerprint density at radius 1 is 1.13 bits per heavy atom. The Morgan fingerprint density at radius 2 is 1.65 bits per heavy atom. The quantitative estimate of drug-likeness (QED) is 0.844. The van der Waals surface area contributed by atoms with Crippen LogP contribution in [0.2, 0.25) is 0 Å². The summed E-state index contributed by atoms with van der Waals surface area (Å²) in [5.41, 5.74) is -2.10. The zero-order chi connectivity index (χ0) is 17.6. The van der Waals surface area contributed by atoms with E-state index in [1.165, 1.54) is 16.9 Å². The summed E-state index contributed by atoms with van der Waals surface area (Å²) in [7, 11) is -6.04. The minimum atomic E-state index is -4.96. The second-order valence-electron chi connectivity index (χ2n) is 6.20. The first-order chi connectivity index (χ1) is 10.4. The maximum atomic E-state index is 14.5. The fourth-order valence-corrected chi connectivity index (χ4v) is 2.53. The van der Waals surface area contributed by atoms with Gasteiger partial charge in [0, 0.05) is 5.46 Å². The minimum Gasteiger partial charge on any atom is -0.399 e. The first-order valence-electron chi connectivity index (χ1n) is 6.81. The topological polar surface area (TPSA) is 64.6 Å². The van der Waals surface area contributed by atoms with Crippen LogP contribution in [0.5, 0.6) is 0 Å². The van der Waals surface area contributed by atoms with E-state index < -0.39 is 45.6 Å². The summed E-state index contributed by atoms with van der Waals surface area (Å²) < 4.78 is 74.6. The summed E-state index contributed by atoms with van der Waals surface area (Å²) in [6, 6.07) is 3.72. The molecule has 5 nitrogen and oxygen atoms in total. The highest BCUT2D eigenvalue weighted by atomic mass is 32.2.